The van der Waals surface area contributed by atoms with Crippen LogP contribution in [-0.4, -0.2) is 15.1 Å². The molecule has 0 spiro atoms. The molecular weight excluding hydrogens is 207 g/mol. The molecule has 1 heterocycles. The zero-order chi connectivity index (χ0) is 6.85. The molecule has 0 unspecified atom stereocenters. The third kappa shape index (κ3) is 1.53. The van der Waals surface area contributed by atoms with Gasteiger partial charge in [-0.05, 0) is 27.5 Å². The highest BCUT2D eigenvalue weighted by atomic mass is 79.9. The standard InChI is InChI=1S/C4H2BrClN2O/c5-3-1-7-8(2-3)4(6)9/h1-2H. The Morgan fingerprint density at radius 1 is 1.89 bits per heavy atom. The van der Waals surface area contributed by atoms with Crippen LogP contribution in [0.4, 0.5) is 4.79 Å². The highest BCUT2D eigenvalue weighted by Crippen LogP contribution is 2.06. The van der Waals surface area contributed by atoms with Gasteiger partial charge in [0.1, 0.15) is 0 Å². The van der Waals surface area contributed by atoms with Crippen molar-refractivity contribution in [3.8, 4) is 0 Å². The molecule has 3 nitrogen and oxygen atoms in total. The maximum absolute atomic E-state index is 10.3. The third-order valence-corrected chi connectivity index (χ3v) is 1.31. The molecule has 0 saturated carbocycles. The van der Waals surface area contributed by atoms with Crippen molar-refractivity contribution in [2.75, 3.05) is 0 Å². The molecule has 0 aliphatic heterocycles. The molecule has 0 saturated heterocycles. The van der Waals surface area contributed by atoms with Gasteiger partial charge in [-0.3, -0.25) is 4.79 Å². The van der Waals surface area contributed by atoms with Gasteiger partial charge in [0.15, 0.2) is 0 Å². The first-order chi connectivity index (χ1) is 4.20. The minimum Gasteiger partial charge on any atom is -0.253 e. The van der Waals surface area contributed by atoms with Crippen LogP contribution in [0, 0.1) is 0 Å². The van der Waals surface area contributed by atoms with Crippen LogP contribution in [0.1, 0.15) is 0 Å². The lowest BCUT2D eigenvalue weighted by atomic mass is 10.8. The number of aromatic nitrogens is 2. The fourth-order valence-electron chi connectivity index (χ4n) is 0.397. The number of hydrogen-bond acceptors (Lipinski definition) is 2. The monoisotopic (exact) mass is 208 g/mol. The van der Waals surface area contributed by atoms with E-state index >= 15 is 0 Å². The minimum atomic E-state index is -0.610. The van der Waals surface area contributed by atoms with Gasteiger partial charge in [0.25, 0.3) is 0 Å². The Balaban J connectivity index is 2.98. The summed E-state index contributed by atoms with van der Waals surface area (Å²) >= 11 is 8.16. The van der Waals surface area contributed by atoms with E-state index in [-0.39, 0.29) is 0 Å². The summed E-state index contributed by atoms with van der Waals surface area (Å²) in [5.41, 5.74) is 0. The second-order valence-corrected chi connectivity index (χ2v) is 2.60. The van der Waals surface area contributed by atoms with Crippen molar-refractivity contribution >= 4 is 32.9 Å². The Bertz CT molecular complexity index is 234. The van der Waals surface area contributed by atoms with Gasteiger partial charge in [0, 0.05) is 6.20 Å². The molecule has 1 aromatic rings. The van der Waals surface area contributed by atoms with E-state index in [1.807, 2.05) is 0 Å². The normalized spacial score (nSPS) is 9.56. The van der Waals surface area contributed by atoms with Crippen molar-refractivity contribution in [1.82, 2.24) is 9.78 Å². The lowest BCUT2D eigenvalue weighted by Crippen LogP contribution is -2.00. The maximum atomic E-state index is 10.3. The lowest BCUT2D eigenvalue weighted by molar-refractivity contribution is 0.258. The molecule has 0 aliphatic rings. The van der Waals surface area contributed by atoms with E-state index in [9.17, 15) is 4.79 Å². The summed E-state index contributed by atoms with van der Waals surface area (Å²) in [6.07, 6.45) is 2.97. The summed E-state index contributed by atoms with van der Waals surface area (Å²) in [7, 11) is 0. The van der Waals surface area contributed by atoms with E-state index in [0.717, 1.165) is 9.15 Å². The van der Waals surface area contributed by atoms with E-state index in [0.29, 0.717) is 0 Å². The first-order valence-corrected chi connectivity index (χ1v) is 3.27. The second kappa shape index (κ2) is 2.49. The van der Waals surface area contributed by atoms with Gasteiger partial charge in [-0.2, -0.15) is 9.78 Å². The average molecular weight is 209 g/mol. The highest BCUT2D eigenvalue weighted by molar-refractivity contribution is 9.10. The number of halogens is 2. The van der Waals surface area contributed by atoms with Crippen LogP contribution in [0.25, 0.3) is 0 Å². The predicted molar refractivity (Wildman–Crippen MR) is 36.6 cm³/mol. The summed E-state index contributed by atoms with van der Waals surface area (Å²) in [5.74, 6) is 0. The molecule has 1 rings (SSSR count). The lowest BCUT2D eigenvalue weighted by Gasteiger charge is -1.84. The topological polar surface area (TPSA) is 34.9 Å². The molecule has 0 atom stereocenters. The molecule has 0 amide bonds. The largest absolute Gasteiger partial charge is 0.340 e. The van der Waals surface area contributed by atoms with E-state index in [4.69, 9.17) is 11.6 Å². The molecular formula is C4H2BrClN2O. The summed E-state index contributed by atoms with van der Waals surface area (Å²) in [6.45, 7) is 0. The summed E-state index contributed by atoms with van der Waals surface area (Å²) < 4.78 is 1.77. The molecule has 0 aliphatic carbocycles. The fraction of sp³-hybridized carbons (Fsp3) is 0. The minimum absolute atomic E-state index is 0.610. The first kappa shape index (κ1) is 6.77. The fourth-order valence-corrected chi connectivity index (χ4v) is 0.775. The predicted octanol–water partition coefficient (Wildman–Crippen LogP) is 1.85. The molecule has 0 fully saturated rings. The molecule has 0 N–H and O–H groups in total. The smallest absolute Gasteiger partial charge is 0.253 e. The van der Waals surface area contributed by atoms with Crippen molar-refractivity contribution in [2.24, 2.45) is 0 Å². The molecule has 48 valence electrons. The van der Waals surface area contributed by atoms with Crippen LogP contribution in [0.3, 0.4) is 0 Å². The van der Waals surface area contributed by atoms with Gasteiger partial charge >= 0.3 is 5.37 Å². The molecule has 1 aromatic heterocycles. The van der Waals surface area contributed by atoms with Crippen molar-refractivity contribution in [3.05, 3.63) is 16.9 Å². The van der Waals surface area contributed by atoms with Gasteiger partial charge < -0.3 is 0 Å². The van der Waals surface area contributed by atoms with Gasteiger partial charge in [-0.15, -0.1) is 0 Å². The van der Waals surface area contributed by atoms with E-state index in [1.165, 1.54) is 12.4 Å². The summed E-state index contributed by atoms with van der Waals surface area (Å²) in [6, 6.07) is 0. The van der Waals surface area contributed by atoms with E-state index in [2.05, 4.69) is 21.0 Å². The van der Waals surface area contributed by atoms with Crippen LogP contribution in [0.5, 0.6) is 0 Å². The molecule has 0 aromatic carbocycles. The van der Waals surface area contributed by atoms with Crippen molar-refractivity contribution in [2.45, 2.75) is 0 Å². The second-order valence-electron chi connectivity index (χ2n) is 1.36. The average Bonchev–Trinajstić information content (AvgIpc) is 2.14. The Morgan fingerprint density at radius 3 is 2.78 bits per heavy atom. The van der Waals surface area contributed by atoms with Crippen LogP contribution >= 0.6 is 27.5 Å². The Labute approximate surface area is 64.7 Å². The molecule has 0 bridgehead atoms. The Hall–Kier alpha value is -0.350. The van der Waals surface area contributed by atoms with E-state index < -0.39 is 5.37 Å². The SMILES string of the molecule is O=C(Cl)n1cc(Br)cn1. The first-order valence-electron chi connectivity index (χ1n) is 2.10. The number of carbonyl (C=O) groups is 1. The summed E-state index contributed by atoms with van der Waals surface area (Å²) in [5, 5.41) is 2.99. The zero-order valence-corrected chi connectivity index (χ0v) is 6.56. The van der Waals surface area contributed by atoms with Crippen LogP contribution in [0.15, 0.2) is 16.9 Å². The van der Waals surface area contributed by atoms with Crippen LogP contribution in [-0.2, 0) is 0 Å². The Kier molecular flexibility index (Phi) is 1.87. The third-order valence-electron chi connectivity index (χ3n) is 0.731. The maximum Gasteiger partial charge on any atom is 0.340 e. The number of rotatable bonds is 0. The van der Waals surface area contributed by atoms with Gasteiger partial charge in [-0.25, -0.2) is 0 Å². The molecule has 9 heavy (non-hydrogen) atoms. The van der Waals surface area contributed by atoms with Crippen molar-refractivity contribution < 1.29 is 4.79 Å². The number of hydrogen-bond donors (Lipinski definition) is 0. The van der Waals surface area contributed by atoms with Crippen molar-refractivity contribution in [1.29, 1.82) is 0 Å². The summed E-state index contributed by atoms with van der Waals surface area (Å²) in [4.78, 5) is 10.3. The molecule has 5 heteroatoms. The van der Waals surface area contributed by atoms with Gasteiger partial charge in [0.2, 0.25) is 0 Å². The van der Waals surface area contributed by atoms with E-state index in [1.54, 1.807) is 0 Å². The number of nitrogens with zero attached hydrogens (tertiary/aromatic N) is 2. The van der Waals surface area contributed by atoms with Crippen LogP contribution < -0.4 is 0 Å². The zero-order valence-electron chi connectivity index (χ0n) is 4.21. The highest BCUT2D eigenvalue weighted by Gasteiger charge is 1.99. The Morgan fingerprint density at radius 2 is 2.56 bits per heavy atom. The van der Waals surface area contributed by atoms with Gasteiger partial charge in [-0.1, -0.05) is 0 Å². The van der Waals surface area contributed by atoms with Gasteiger partial charge in [0.05, 0.1) is 10.7 Å². The van der Waals surface area contributed by atoms with Crippen molar-refractivity contribution in [3.63, 3.8) is 0 Å². The number of carbonyl (C=O) groups excluding carboxylic acids is 1. The molecule has 0 radical (unpaired) electrons. The van der Waals surface area contributed by atoms with Crippen LogP contribution in [0.2, 0.25) is 0 Å². The quantitative estimate of drug-likeness (QED) is 0.611.